The lowest BCUT2D eigenvalue weighted by Gasteiger charge is -2.18. The maximum atomic E-state index is 12.7. The van der Waals surface area contributed by atoms with Crippen LogP contribution in [0.4, 0.5) is 5.82 Å². The number of aromatic nitrogens is 1. The van der Waals surface area contributed by atoms with Gasteiger partial charge in [0.2, 0.25) is 0 Å². The number of halogens is 2. The molecule has 0 aliphatic rings. The van der Waals surface area contributed by atoms with Gasteiger partial charge in [-0.25, -0.2) is 0 Å². The van der Waals surface area contributed by atoms with Gasteiger partial charge in [-0.05, 0) is 48.9 Å². The minimum Gasteiger partial charge on any atom is -0.508 e. The van der Waals surface area contributed by atoms with Crippen LogP contribution in [0.3, 0.4) is 0 Å². The summed E-state index contributed by atoms with van der Waals surface area (Å²) in [5.41, 5.74) is 1.30. The second kappa shape index (κ2) is 7.81. The molecule has 0 fully saturated rings. The quantitative estimate of drug-likeness (QED) is 0.549. The summed E-state index contributed by atoms with van der Waals surface area (Å²) in [6.45, 7) is 1.79. The topological polar surface area (TPSA) is 75.4 Å². The van der Waals surface area contributed by atoms with Gasteiger partial charge in [-0.15, -0.1) is 0 Å². The molecule has 134 valence electrons. The predicted molar refractivity (Wildman–Crippen MR) is 101 cm³/mol. The van der Waals surface area contributed by atoms with E-state index in [1.54, 1.807) is 37.3 Å². The number of nitrogens with zero attached hydrogens (tertiary/aromatic N) is 1. The molecule has 0 bridgehead atoms. The third-order valence-electron chi connectivity index (χ3n) is 3.87. The summed E-state index contributed by atoms with van der Waals surface area (Å²) in [6, 6.07) is 12.7. The summed E-state index contributed by atoms with van der Waals surface area (Å²) in [6.07, 6.45) is 0.161. The Morgan fingerprint density at radius 2 is 1.88 bits per heavy atom. The normalized spacial score (nSPS) is 12.0. The number of hydrogen-bond donors (Lipinski definition) is 2. The van der Waals surface area contributed by atoms with Gasteiger partial charge in [0.25, 0.3) is 0 Å². The molecule has 0 radical (unpaired) electrons. The molecule has 1 unspecified atom stereocenters. The van der Waals surface area contributed by atoms with Gasteiger partial charge < -0.3 is 14.9 Å². The van der Waals surface area contributed by atoms with Gasteiger partial charge in [-0.3, -0.25) is 4.79 Å². The first kappa shape index (κ1) is 18.3. The molecule has 5 nitrogen and oxygen atoms in total. The number of phenolic OH excluding ortho intramolecular Hbond substituents is 1. The van der Waals surface area contributed by atoms with E-state index in [-0.39, 0.29) is 24.0 Å². The third-order valence-corrected chi connectivity index (χ3v) is 4.61. The lowest BCUT2D eigenvalue weighted by atomic mass is 9.97. The van der Waals surface area contributed by atoms with Crippen LogP contribution in [-0.2, 0) is 0 Å². The Kier molecular flexibility index (Phi) is 5.49. The van der Waals surface area contributed by atoms with E-state index in [0.29, 0.717) is 27.2 Å². The minimum absolute atomic E-state index is 0.0891. The van der Waals surface area contributed by atoms with Crippen molar-refractivity contribution in [3.05, 3.63) is 75.5 Å². The van der Waals surface area contributed by atoms with Crippen molar-refractivity contribution in [2.24, 2.45) is 0 Å². The van der Waals surface area contributed by atoms with E-state index in [1.807, 2.05) is 6.07 Å². The molecule has 1 aromatic heterocycles. The maximum absolute atomic E-state index is 12.7. The molecule has 26 heavy (non-hydrogen) atoms. The number of aryl methyl sites for hydroxylation is 1. The fourth-order valence-corrected chi connectivity index (χ4v) is 2.85. The highest BCUT2D eigenvalue weighted by atomic mass is 35.5. The van der Waals surface area contributed by atoms with Gasteiger partial charge in [-0.2, -0.15) is 0 Å². The number of ketones is 1. The lowest BCUT2D eigenvalue weighted by Crippen LogP contribution is -2.16. The number of anilines is 1. The fraction of sp³-hybridized carbons (Fsp3) is 0.158. The Morgan fingerprint density at radius 3 is 2.50 bits per heavy atom. The van der Waals surface area contributed by atoms with Crippen LogP contribution in [0.1, 0.15) is 34.1 Å². The van der Waals surface area contributed by atoms with Gasteiger partial charge in [0.05, 0.1) is 16.1 Å². The Balaban J connectivity index is 1.87. The van der Waals surface area contributed by atoms with Crippen LogP contribution in [0.25, 0.3) is 0 Å². The zero-order valence-corrected chi connectivity index (χ0v) is 15.4. The van der Waals surface area contributed by atoms with Crippen LogP contribution in [-0.4, -0.2) is 16.0 Å². The maximum Gasteiger partial charge on any atom is 0.170 e. The number of Topliss-reactive ketones (excluding diaryl/α,β-unsaturated/α-hetero) is 1. The third kappa shape index (κ3) is 4.36. The largest absolute Gasteiger partial charge is 0.508 e. The van der Waals surface area contributed by atoms with Gasteiger partial charge in [0.15, 0.2) is 11.6 Å². The smallest absolute Gasteiger partial charge is 0.170 e. The van der Waals surface area contributed by atoms with Gasteiger partial charge in [-0.1, -0.05) is 34.4 Å². The number of phenols is 1. The highest BCUT2D eigenvalue weighted by Crippen LogP contribution is 2.30. The van der Waals surface area contributed by atoms with E-state index in [9.17, 15) is 9.90 Å². The van der Waals surface area contributed by atoms with E-state index in [2.05, 4.69) is 10.5 Å². The van der Waals surface area contributed by atoms with Crippen LogP contribution >= 0.6 is 23.2 Å². The number of nitrogens with one attached hydrogen (secondary N) is 1. The van der Waals surface area contributed by atoms with Gasteiger partial charge >= 0.3 is 0 Å². The molecule has 3 aromatic rings. The minimum atomic E-state index is -0.379. The molecular weight excluding hydrogens is 375 g/mol. The number of rotatable bonds is 6. The molecule has 2 aromatic carbocycles. The van der Waals surface area contributed by atoms with Gasteiger partial charge in [0.1, 0.15) is 11.5 Å². The van der Waals surface area contributed by atoms with Crippen molar-refractivity contribution >= 4 is 34.8 Å². The Morgan fingerprint density at radius 1 is 1.15 bits per heavy atom. The van der Waals surface area contributed by atoms with Crippen LogP contribution in [0.15, 0.2) is 53.1 Å². The van der Waals surface area contributed by atoms with Crippen molar-refractivity contribution in [3.8, 4) is 5.75 Å². The SMILES string of the molecule is Cc1cc(NC(CC(=O)c2ccc(O)cc2)c2ccc(Cl)c(Cl)c2)no1. The van der Waals surface area contributed by atoms with Crippen molar-refractivity contribution in [1.82, 2.24) is 5.16 Å². The first-order valence-corrected chi connectivity index (χ1v) is 8.65. The molecule has 7 heteroatoms. The first-order chi connectivity index (χ1) is 12.4. The molecule has 3 rings (SSSR count). The lowest BCUT2D eigenvalue weighted by molar-refractivity contribution is 0.0976. The zero-order valence-electron chi connectivity index (χ0n) is 13.9. The predicted octanol–water partition coefficient (Wildman–Crippen LogP) is 5.42. The van der Waals surface area contributed by atoms with E-state index in [4.69, 9.17) is 27.7 Å². The standard InChI is InChI=1S/C19H16Cl2N2O3/c1-11-8-19(23-26-11)22-17(13-4-7-15(20)16(21)9-13)10-18(25)12-2-5-14(24)6-3-12/h2-9,17,24H,10H2,1H3,(H,22,23). The number of carbonyl (C=O) groups excluding carboxylic acids is 1. The van der Waals surface area contributed by atoms with Crippen molar-refractivity contribution in [2.45, 2.75) is 19.4 Å². The van der Waals surface area contributed by atoms with Crippen molar-refractivity contribution in [3.63, 3.8) is 0 Å². The summed E-state index contributed by atoms with van der Waals surface area (Å²) < 4.78 is 5.07. The summed E-state index contributed by atoms with van der Waals surface area (Å²) >= 11 is 12.1. The Bertz CT molecular complexity index is 923. The average Bonchev–Trinajstić information content (AvgIpc) is 3.02. The van der Waals surface area contributed by atoms with Crippen molar-refractivity contribution in [2.75, 3.05) is 5.32 Å². The van der Waals surface area contributed by atoms with Crippen LogP contribution in [0, 0.1) is 6.92 Å². The summed E-state index contributed by atoms with van der Waals surface area (Å²) in [5, 5.41) is 17.4. The van der Waals surface area contributed by atoms with Crippen LogP contribution in [0.2, 0.25) is 10.0 Å². The molecule has 0 spiro atoms. The number of carbonyl (C=O) groups is 1. The monoisotopic (exact) mass is 390 g/mol. The van der Waals surface area contributed by atoms with E-state index < -0.39 is 0 Å². The highest BCUT2D eigenvalue weighted by Gasteiger charge is 2.19. The summed E-state index contributed by atoms with van der Waals surface area (Å²) in [5.74, 6) is 1.20. The molecule has 1 atom stereocenters. The number of benzene rings is 2. The van der Waals surface area contributed by atoms with E-state index >= 15 is 0 Å². The molecule has 2 N–H and O–H groups in total. The Labute approximate surface area is 160 Å². The summed E-state index contributed by atoms with van der Waals surface area (Å²) in [4.78, 5) is 12.7. The second-order valence-electron chi connectivity index (χ2n) is 5.87. The molecule has 0 amide bonds. The zero-order chi connectivity index (χ0) is 18.7. The van der Waals surface area contributed by atoms with E-state index in [1.165, 1.54) is 12.1 Å². The number of hydrogen-bond acceptors (Lipinski definition) is 5. The molecule has 0 saturated carbocycles. The van der Waals surface area contributed by atoms with Crippen LogP contribution in [0.5, 0.6) is 5.75 Å². The average molecular weight is 391 g/mol. The number of aromatic hydroxyl groups is 1. The summed E-state index contributed by atoms with van der Waals surface area (Å²) in [7, 11) is 0. The first-order valence-electron chi connectivity index (χ1n) is 7.89. The molecular formula is C19H16Cl2N2O3. The molecule has 0 saturated heterocycles. The Hall–Kier alpha value is -2.50. The van der Waals surface area contributed by atoms with Crippen molar-refractivity contribution < 1.29 is 14.4 Å². The molecule has 0 aliphatic heterocycles. The molecule has 0 aliphatic carbocycles. The highest BCUT2D eigenvalue weighted by molar-refractivity contribution is 6.42. The fourth-order valence-electron chi connectivity index (χ4n) is 2.54. The van der Waals surface area contributed by atoms with E-state index in [0.717, 1.165) is 5.56 Å². The molecule has 1 heterocycles. The van der Waals surface area contributed by atoms with Gasteiger partial charge in [0, 0.05) is 18.1 Å². The van der Waals surface area contributed by atoms with Crippen molar-refractivity contribution in [1.29, 1.82) is 0 Å². The van der Waals surface area contributed by atoms with Crippen LogP contribution < -0.4 is 5.32 Å². The second-order valence-corrected chi connectivity index (χ2v) is 6.68.